The Morgan fingerprint density at radius 1 is 1.24 bits per heavy atom. The lowest BCUT2D eigenvalue weighted by molar-refractivity contribution is 0.291. The van der Waals surface area contributed by atoms with Gasteiger partial charge < -0.3 is 15.2 Å². The molecule has 0 aliphatic carbocycles. The second-order valence-corrected chi connectivity index (χ2v) is 5.61. The van der Waals surface area contributed by atoms with Crippen molar-refractivity contribution in [1.82, 2.24) is 0 Å². The van der Waals surface area contributed by atoms with Gasteiger partial charge in [0.15, 0.2) is 11.6 Å². The molecule has 1 atom stereocenters. The lowest BCUT2D eigenvalue weighted by Gasteiger charge is -2.15. The summed E-state index contributed by atoms with van der Waals surface area (Å²) in [7, 11) is 1.44. The van der Waals surface area contributed by atoms with Crippen LogP contribution in [0.4, 0.5) is 4.39 Å². The first-order chi connectivity index (χ1) is 10.0. The zero-order valence-corrected chi connectivity index (χ0v) is 13.5. The second kappa shape index (κ2) is 6.91. The van der Waals surface area contributed by atoms with Crippen LogP contribution in [0.3, 0.4) is 0 Å². The predicted octanol–water partition coefficient (Wildman–Crippen LogP) is 4.20. The van der Waals surface area contributed by atoms with Crippen LogP contribution in [0, 0.1) is 5.82 Å². The molecule has 3 nitrogen and oxygen atoms in total. The highest BCUT2D eigenvalue weighted by Gasteiger charge is 2.12. The molecule has 0 saturated carbocycles. The summed E-state index contributed by atoms with van der Waals surface area (Å²) in [6, 6.07) is 10.4. The molecule has 2 N–H and O–H groups in total. The van der Waals surface area contributed by atoms with Gasteiger partial charge >= 0.3 is 0 Å². The molecule has 112 valence electrons. The van der Waals surface area contributed by atoms with Crippen LogP contribution in [0.1, 0.15) is 24.1 Å². The molecule has 0 amide bonds. The van der Waals surface area contributed by atoms with Gasteiger partial charge in [-0.3, -0.25) is 0 Å². The fourth-order valence-corrected chi connectivity index (χ4v) is 2.37. The van der Waals surface area contributed by atoms with E-state index in [9.17, 15) is 4.39 Å². The minimum atomic E-state index is -0.403. The maximum Gasteiger partial charge on any atom is 0.171 e. The van der Waals surface area contributed by atoms with Gasteiger partial charge in [-0.15, -0.1) is 0 Å². The standard InChI is InChI=1S/C16H17BrFNO2/c1-10(19)13-8-12(17)6-7-14(13)21-9-11-4-3-5-15(20-2)16(11)18/h3-8,10H,9,19H2,1-2H3/t10-/m0/s1. The van der Waals surface area contributed by atoms with Crippen LogP contribution >= 0.6 is 15.9 Å². The number of benzene rings is 2. The van der Waals surface area contributed by atoms with E-state index in [0.29, 0.717) is 11.3 Å². The van der Waals surface area contributed by atoms with Crippen LogP contribution in [0.5, 0.6) is 11.5 Å². The normalized spacial score (nSPS) is 12.0. The fourth-order valence-electron chi connectivity index (χ4n) is 1.99. The van der Waals surface area contributed by atoms with Gasteiger partial charge in [0.05, 0.1) is 7.11 Å². The number of halogens is 2. The van der Waals surface area contributed by atoms with E-state index in [1.807, 2.05) is 25.1 Å². The highest BCUT2D eigenvalue weighted by Crippen LogP contribution is 2.29. The molecule has 0 unspecified atom stereocenters. The summed E-state index contributed by atoms with van der Waals surface area (Å²) in [4.78, 5) is 0. The second-order valence-electron chi connectivity index (χ2n) is 4.69. The molecule has 0 heterocycles. The number of ether oxygens (including phenoxy) is 2. The quantitative estimate of drug-likeness (QED) is 0.876. The van der Waals surface area contributed by atoms with E-state index in [0.717, 1.165) is 10.0 Å². The molecule has 2 rings (SSSR count). The van der Waals surface area contributed by atoms with Crippen molar-refractivity contribution in [2.24, 2.45) is 5.73 Å². The molecule has 0 aliphatic rings. The number of methoxy groups -OCH3 is 1. The van der Waals surface area contributed by atoms with E-state index in [1.165, 1.54) is 7.11 Å². The van der Waals surface area contributed by atoms with Crippen LogP contribution in [0.2, 0.25) is 0 Å². The maximum atomic E-state index is 14.1. The highest BCUT2D eigenvalue weighted by atomic mass is 79.9. The first-order valence-corrected chi connectivity index (χ1v) is 7.31. The number of rotatable bonds is 5. The molecule has 5 heteroatoms. The van der Waals surface area contributed by atoms with E-state index in [4.69, 9.17) is 15.2 Å². The van der Waals surface area contributed by atoms with Crippen molar-refractivity contribution in [3.8, 4) is 11.5 Å². The van der Waals surface area contributed by atoms with Crippen LogP contribution in [0.25, 0.3) is 0 Å². The summed E-state index contributed by atoms with van der Waals surface area (Å²) in [5.41, 5.74) is 7.24. The third-order valence-corrected chi connectivity index (χ3v) is 3.60. The molecule has 0 saturated heterocycles. The van der Waals surface area contributed by atoms with Gasteiger partial charge in [0.2, 0.25) is 0 Å². The van der Waals surface area contributed by atoms with Crippen molar-refractivity contribution in [2.45, 2.75) is 19.6 Å². The summed E-state index contributed by atoms with van der Waals surface area (Å²) in [6.07, 6.45) is 0. The molecule has 0 aliphatic heterocycles. The molecule has 0 bridgehead atoms. The number of hydrogen-bond acceptors (Lipinski definition) is 3. The van der Waals surface area contributed by atoms with E-state index < -0.39 is 5.82 Å². The Bertz CT molecular complexity index is 632. The predicted molar refractivity (Wildman–Crippen MR) is 84.0 cm³/mol. The number of nitrogens with two attached hydrogens (primary N) is 1. The first kappa shape index (κ1) is 15.8. The lowest BCUT2D eigenvalue weighted by Crippen LogP contribution is -2.08. The van der Waals surface area contributed by atoms with Crippen LogP contribution in [0.15, 0.2) is 40.9 Å². The van der Waals surface area contributed by atoms with Gasteiger partial charge in [0.25, 0.3) is 0 Å². The Hall–Kier alpha value is -1.59. The minimum Gasteiger partial charge on any atom is -0.494 e. The Morgan fingerprint density at radius 2 is 2.00 bits per heavy atom. The van der Waals surface area contributed by atoms with Gasteiger partial charge in [-0.1, -0.05) is 28.1 Å². The molecule has 2 aromatic rings. The highest BCUT2D eigenvalue weighted by molar-refractivity contribution is 9.10. The van der Waals surface area contributed by atoms with Crippen molar-refractivity contribution in [3.63, 3.8) is 0 Å². The summed E-state index contributed by atoms with van der Waals surface area (Å²) in [6.45, 7) is 1.99. The van der Waals surface area contributed by atoms with E-state index in [1.54, 1.807) is 18.2 Å². The van der Waals surface area contributed by atoms with Gasteiger partial charge in [-0.05, 0) is 31.2 Å². The molecule has 0 fully saturated rings. The van der Waals surface area contributed by atoms with Gasteiger partial charge in [0, 0.05) is 21.6 Å². The van der Waals surface area contributed by atoms with Crippen molar-refractivity contribution in [3.05, 3.63) is 57.8 Å². The summed E-state index contributed by atoms with van der Waals surface area (Å²) in [5.74, 6) is 0.453. The summed E-state index contributed by atoms with van der Waals surface area (Å²) < 4.78 is 25.7. The van der Waals surface area contributed by atoms with Crippen molar-refractivity contribution in [2.75, 3.05) is 7.11 Å². The number of hydrogen-bond donors (Lipinski definition) is 1. The molecular weight excluding hydrogens is 337 g/mol. The van der Waals surface area contributed by atoms with Crippen LogP contribution < -0.4 is 15.2 Å². The third kappa shape index (κ3) is 3.74. The molecule has 0 radical (unpaired) electrons. The molecule has 0 aromatic heterocycles. The summed E-state index contributed by atoms with van der Waals surface area (Å²) in [5, 5.41) is 0. The fraction of sp³-hybridized carbons (Fsp3) is 0.250. The Balaban J connectivity index is 2.21. The topological polar surface area (TPSA) is 44.5 Å². The van der Waals surface area contributed by atoms with Crippen LogP contribution in [-0.2, 0) is 6.61 Å². The van der Waals surface area contributed by atoms with Crippen molar-refractivity contribution in [1.29, 1.82) is 0 Å². The zero-order valence-electron chi connectivity index (χ0n) is 11.9. The monoisotopic (exact) mass is 353 g/mol. The Morgan fingerprint density at radius 3 is 2.67 bits per heavy atom. The average molecular weight is 354 g/mol. The van der Waals surface area contributed by atoms with E-state index >= 15 is 0 Å². The molecule has 2 aromatic carbocycles. The molecule has 21 heavy (non-hydrogen) atoms. The van der Waals surface area contributed by atoms with Crippen molar-refractivity contribution < 1.29 is 13.9 Å². The van der Waals surface area contributed by atoms with Gasteiger partial charge in [0.1, 0.15) is 12.4 Å². The molecular formula is C16H17BrFNO2. The SMILES string of the molecule is COc1cccc(COc2ccc(Br)cc2[C@H](C)N)c1F. The maximum absolute atomic E-state index is 14.1. The smallest absolute Gasteiger partial charge is 0.171 e. The van der Waals surface area contributed by atoms with Crippen LogP contribution in [-0.4, -0.2) is 7.11 Å². The Kier molecular flexibility index (Phi) is 5.20. The van der Waals surface area contributed by atoms with Gasteiger partial charge in [-0.25, -0.2) is 4.39 Å². The zero-order chi connectivity index (χ0) is 15.4. The first-order valence-electron chi connectivity index (χ1n) is 6.52. The summed E-state index contributed by atoms with van der Waals surface area (Å²) >= 11 is 3.40. The van der Waals surface area contributed by atoms with Crippen molar-refractivity contribution >= 4 is 15.9 Å². The van der Waals surface area contributed by atoms with E-state index in [2.05, 4.69) is 15.9 Å². The molecule has 0 spiro atoms. The lowest BCUT2D eigenvalue weighted by atomic mass is 10.1. The van der Waals surface area contributed by atoms with Gasteiger partial charge in [-0.2, -0.15) is 0 Å². The van der Waals surface area contributed by atoms with E-state index in [-0.39, 0.29) is 18.4 Å². The minimum absolute atomic E-state index is 0.115. The largest absolute Gasteiger partial charge is 0.494 e. The third-order valence-electron chi connectivity index (χ3n) is 3.11. The average Bonchev–Trinajstić information content (AvgIpc) is 2.47. The Labute approximate surface area is 132 Å².